The quantitative estimate of drug-likeness (QED) is 0.882. The van der Waals surface area contributed by atoms with Crippen LogP contribution in [0.25, 0.3) is 0 Å². The van der Waals surface area contributed by atoms with E-state index in [-0.39, 0.29) is 5.92 Å². The van der Waals surface area contributed by atoms with Crippen molar-refractivity contribution in [3.63, 3.8) is 0 Å². The Morgan fingerprint density at radius 1 is 1.50 bits per heavy atom. The summed E-state index contributed by atoms with van der Waals surface area (Å²) in [5, 5.41) is 10.0. The summed E-state index contributed by atoms with van der Waals surface area (Å²) in [5.74, 6) is 0.254. The number of aliphatic hydroxyl groups is 1. The van der Waals surface area contributed by atoms with Gasteiger partial charge < -0.3 is 9.84 Å². The van der Waals surface area contributed by atoms with E-state index in [4.69, 9.17) is 4.74 Å². The van der Waals surface area contributed by atoms with Gasteiger partial charge >= 0.3 is 0 Å². The van der Waals surface area contributed by atoms with Gasteiger partial charge in [0, 0.05) is 17.0 Å². The Hall–Kier alpha value is -0.380. The minimum absolute atomic E-state index is 0.254. The first-order valence-corrected chi connectivity index (χ1v) is 5.58. The summed E-state index contributed by atoms with van der Waals surface area (Å²) < 4.78 is 6.27. The summed E-state index contributed by atoms with van der Waals surface area (Å²) in [6.07, 6.45) is 0.559. The van der Waals surface area contributed by atoms with Crippen LogP contribution in [0.2, 0.25) is 0 Å². The maximum atomic E-state index is 10.0. The Bertz CT molecular complexity index is 308. The van der Waals surface area contributed by atoms with Crippen LogP contribution in [0.15, 0.2) is 28.7 Å². The largest absolute Gasteiger partial charge is 0.388 e. The van der Waals surface area contributed by atoms with Crippen molar-refractivity contribution in [1.29, 1.82) is 0 Å². The van der Waals surface area contributed by atoms with Gasteiger partial charge in [-0.15, -0.1) is 0 Å². The van der Waals surface area contributed by atoms with Crippen molar-refractivity contribution in [3.05, 3.63) is 34.3 Å². The van der Waals surface area contributed by atoms with Crippen molar-refractivity contribution in [3.8, 4) is 0 Å². The van der Waals surface area contributed by atoms with E-state index in [1.165, 1.54) is 0 Å². The van der Waals surface area contributed by atoms with Gasteiger partial charge in [0.2, 0.25) is 0 Å². The topological polar surface area (TPSA) is 29.5 Å². The molecule has 0 amide bonds. The highest BCUT2D eigenvalue weighted by Gasteiger charge is 2.25. The summed E-state index contributed by atoms with van der Waals surface area (Å²) in [5.41, 5.74) is 0.967. The van der Waals surface area contributed by atoms with Crippen LogP contribution in [0.3, 0.4) is 0 Å². The van der Waals surface area contributed by atoms with Crippen molar-refractivity contribution in [2.75, 3.05) is 13.2 Å². The highest BCUT2D eigenvalue weighted by atomic mass is 79.9. The van der Waals surface area contributed by atoms with Gasteiger partial charge in [-0.1, -0.05) is 28.1 Å². The van der Waals surface area contributed by atoms with Gasteiger partial charge in [0.25, 0.3) is 0 Å². The second kappa shape index (κ2) is 4.43. The number of hydrogen-bond donors (Lipinski definition) is 1. The molecule has 3 heteroatoms. The van der Waals surface area contributed by atoms with E-state index in [1.54, 1.807) is 0 Å². The fourth-order valence-electron chi connectivity index (χ4n) is 1.76. The zero-order valence-electron chi connectivity index (χ0n) is 7.82. The average molecular weight is 257 g/mol. The zero-order chi connectivity index (χ0) is 9.97. The monoisotopic (exact) mass is 256 g/mol. The third-order valence-electron chi connectivity index (χ3n) is 2.60. The smallest absolute Gasteiger partial charge is 0.0841 e. The Morgan fingerprint density at radius 3 is 3.00 bits per heavy atom. The fraction of sp³-hybridized carbons (Fsp3) is 0.455. The molecule has 1 fully saturated rings. The molecular weight excluding hydrogens is 244 g/mol. The van der Waals surface area contributed by atoms with E-state index in [1.807, 2.05) is 24.3 Å². The van der Waals surface area contributed by atoms with E-state index in [2.05, 4.69) is 15.9 Å². The number of ether oxygens (including phenoxy) is 1. The van der Waals surface area contributed by atoms with Crippen molar-refractivity contribution in [2.45, 2.75) is 12.5 Å². The molecule has 0 saturated carbocycles. The number of halogens is 1. The molecule has 0 bridgehead atoms. The molecule has 0 aromatic heterocycles. The third kappa shape index (κ3) is 2.16. The first kappa shape index (κ1) is 10.1. The molecule has 0 spiro atoms. The molecule has 1 saturated heterocycles. The molecule has 2 unspecified atom stereocenters. The minimum atomic E-state index is -0.394. The second-order valence-corrected chi connectivity index (χ2v) is 4.54. The highest BCUT2D eigenvalue weighted by Crippen LogP contribution is 2.29. The molecule has 1 aromatic rings. The number of rotatable bonds is 2. The van der Waals surface area contributed by atoms with Crippen LogP contribution >= 0.6 is 15.9 Å². The van der Waals surface area contributed by atoms with Crippen molar-refractivity contribution in [1.82, 2.24) is 0 Å². The SMILES string of the molecule is OC(c1cccc(Br)c1)C1CCOC1. The van der Waals surface area contributed by atoms with Crippen LogP contribution in [0, 0.1) is 5.92 Å². The van der Waals surface area contributed by atoms with Crippen molar-refractivity contribution in [2.24, 2.45) is 5.92 Å². The van der Waals surface area contributed by atoms with E-state index in [0.29, 0.717) is 6.61 Å². The third-order valence-corrected chi connectivity index (χ3v) is 3.09. The molecule has 2 rings (SSSR count). The van der Waals surface area contributed by atoms with Crippen LogP contribution in [-0.4, -0.2) is 18.3 Å². The standard InChI is InChI=1S/C11H13BrO2/c12-10-3-1-2-8(6-10)11(13)9-4-5-14-7-9/h1-3,6,9,11,13H,4-5,7H2. The molecule has 0 aliphatic carbocycles. The molecule has 1 aliphatic rings. The van der Waals surface area contributed by atoms with Crippen LogP contribution in [0.1, 0.15) is 18.1 Å². The Kier molecular flexibility index (Phi) is 3.21. The molecule has 2 atom stereocenters. The lowest BCUT2D eigenvalue weighted by Gasteiger charge is -2.16. The number of benzene rings is 1. The van der Waals surface area contributed by atoms with E-state index in [9.17, 15) is 5.11 Å². The lowest BCUT2D eigenvalue weighted by Crippen LogP contribution is -2.12. The van der Waals surface area contributed by atoms with E-state index < -0.39 is 6.10 Å². The lowest BCUT2D eigenvalue weighted by atomic mass is 9.95. The predicted octanol–water partition coefficient (Wildman–Crippen LogP) is 2.52. The van der Waals surface area contributed by atoms with Gasteiger partial charge in [0.15, 0.2) is 0 Å². The van der Waals surface area contributed by atoms with Crippen LogP contribution in [-0.2, 0) is 4.74 Å². The van der Waals surface area contributed by atoms with Gasteiger partial charge in [-0.2, -0.15) is 0 Å². The maximum absolute atomic E-state index is 10.0. The summed E-state index contributed by atoms with van der Waals surface area (Å²) in [4.78, 5) is 0. The zero-order valence-corrected chi connectivity index (χ0v) is 9.40. The first-order chi connectivity index (χ1) is 6.77. The van der Waals surface area contributed by atoms with E-state index >= 15 is 0 Å². The van der Waals surface area contributed by atoms with Crippen LogP contribution in [0.4, 0.5) is 0 Å². The second-order valence-electron chi connectivity index (χ2n) is 3.62. The van der Waals surface area contributed by atoms with E-state index in [0.717, 1.165) is 23.1 Å². The molecule has 14 heavy (non-hydrogen) atoms. The number of hydrogen-bond acceptors (Lipinski definition) is 2. The Morgan fingerprint density at radius 2 is 2.36 bits per heavy atom. The molecular formula is C11H13BrO2. The Labute approximate surface area is 92.0 Å². The molecule has 1 aromatic carbocycles. The average Bonchev–Trinajstić information content (AvgIpc) is 2.69. The summed E-state index contributed by atoms with van der Waals surface area (Å²) in [6.45, 7) is 1.45. The van der Waals surface area contributed by atoms with Gasteiger partial charge in [0.05, 0.1) is 12.7 Å². The first-order valence-electron chi connectivity index (χ1n) is 4.78. The normalized spacial score (nSPS) is 23.7. The van der Waals surface area contributed by atoms with Crippen molar-refractivity contribution < 1.29 is 9.84 Å². The summed E-state index contributed by atoms with van der Waals surface area (Å²) >= 11 is 3.40. The minimum Gasteiger partial charge on any atom is -0.388 e. The summed E-state index contributed by atoms with van der Waals surface area (Å²) in [7, 11) is 0. The van der Waals surface area contributed by atoms with Gasteiger partial charge in [0.1, 0.15) is 0 Å². The van der Waals surface area contributed by atoms with Crippen LogP contribution < -0.4 is 0 Å². The number of aliphatic hydroxyl groups excluding tert-OH is 1. The predicted molar refractivity (Wildman–Crippen MR) is 58.0 cm³/mol. The van der Waals surface area contributed by atoms with Gasteiger partial charge in [-0.25, -0.2) is 0 Å². The van der Waals surface area contributed by atoms with Gasteiger partial charge in [-0.3, -0.25) is 0 Å². The highest BCUT2D eigenvalue weighted by molar-refractivity contribution is 9.10. The molecule has 1 aliphatic heterocycles. The Balaban J connectivity index is 2.13. The molecule has 1 N–H and O–H groups in total. The lowest BCUT2D eigenvalue weighted by molar-refractivity contribution is 0.0918. The maximum Gasteiger partial charge on any atom is 0.0841 e. The molecule has 1 heterocycles. The molecule has 2 nitrogen and oxygen atoms in total. The van der Waals surface area contributed by atoms with Gasteiger partial charge in [-0.05, 0) is 24.1 Å². The van der Waals surface area contributed by atoms with Crippen molar-refractivity contribution >= 4 is 15.9 Å². The fourth-order valence-corrected chi connectivity index (χ4v) is 2.18. The summed E-state index contributed by atoms with van der Waals surface area (Å²) in [6, 6.07) is 7.82. The molecule has 0 radical (unpaired) electrons. The molecule has 76 valence electrons. The van der Waals surface area contributed by atoms with Crippen LogP contribution in [0.5, 0.6) is 0 Å².